The molecule has 5 rings (SSSR count). The summed E-state index contributed by atoms with van der Waals surface area (Å²) < 4.78 is 12.2. The monoisotopic (exact) mass is 677 g/mol. The second-order valence-electron chi connectivity index (χ2n) is 13.0. The van der Waals surface area contributed by atoms with Crippen molar-refractivity contribution >= 4 is 41.0 Å². The minimum atomic E-state index is -1.28. The van der Waals surface area contributed by atoms with Crippen molar-refractivity contribution in [1.29, 1.82) is 0 Å². The quantitative estimate of drug-likeness (QED) is 0.208. The van der Waals surface area contributed by atoms with Crippen LogP contribution in [0.4, 0.5) is 5.69 Å². The van der Waals surface area contributed by atoms with Crippen molar-refractivity contribution in [1.82, 2.24) is 10.2 Å². The zero-order chi connectivity index (χ0) is 34.6. The van der Waals surface area contributed by atoms with Gasteiger partial charge in [-0.3, -0.25) is 19.2 Å². The number of aliphatic hydroxyl groups is 1. The van der Waals surface area contributed by atoms with Gasteiger partial charge in [-0.05, 0) is 55.0 Å². The maximum Gasteiger partial charge on any atom is 0.306 e. The van der Waals surface area contributed by atoms with Crippen molar-refractivity contribution in [3.63, 3.8) is 0 Å². The highest BCUT2D eigenvalue weighted by Crippen LogP contribution is 2.59. The fourth-order valence-corrected chi connectivity index (χ4v) is 7.64. The van der Waals surface area contributed by atoms with Crippen LogP contribution in [-0.2, 0) is 28.7 Å². The predicted molar refractivity (Wildman–Crippen MR) is 182 cm³/mol. The van der Waals surface area contributed by atoms with Crippen LogP contribution < -0.4 is 10.2 Å². The SMILES string of the molecule is C=CCCC(=O)OC[C@@H](NC(=O)[C@@H]1[C@H]2C(=O)N([C@@H](CO)C(C)C)[C@H](C(=O)N(CC=C)c3ccc(Cl)cc3)[C@]23CC[C@H]1O3)c1ccccc1. The van der Waals surface area contributed by atoms with Crippen LogP contribution in [0.2, 0.25) is 5.02 Å². The molecule has 3 heterocycles. The molecule has 2 N–H and O–H groups in total. The average molecular weight is 678 g/mol. The van der Waals surface area contributed by atoms with Crippen molar-refractivity contribution in [2.45, 2.75) is 69.4 Å². The third-order valence-corrected chi connectivity index (χ3v) is 10.0. The highest BCUT2D eigenvalue weighted by molar-refractivity contribution is 6.30. The molecule has 256 valence electrons. The molecule has 1 spiro atoms. The third-order valence-electron chi connectivity index (χ3n) is 9.79. The van der Waals surface area contributed by atoms with Gasteiger partial charge in [0.2, 0.25) is 11.8 Å². The zero-order valence-corrected chi connectivity index (χ0v) is 28.2. The Kier molecular flexibility index (Phi) is 11.1. The number of anilines is 1. The lowest BCUT2D eigenvalue weighted by atomic mass is 9.70. The standard InChI is InChI=1S/C37H44ClN3O7/c1-5-7-13-30(43)47-22-27(24-11-9-8-10-12-24)39-34(44)31-29-18-19-37(48-29)32(31)35(45)41(28(21-42)23(3)4)33(37)36(46)40(20-6-2)26-16-14-25(38)15-17-26/h5-6,8-12,14-17,23,27-29,31-33,42H,1-2,7,13,18-22H2,3-4H3,(H,39,44)/t27-,28+,29-,31+,32+,33-,37+/m1/s1. The van der Waals surface area contributed by atoms with Gasteiger partial charge < -0.3 is 29.7 Å². The largest absolute Gasteiger partial charge is 0.463 e. The van der Waals surface area contributed by atoms with Gasteiger partial charge in [-0.25, -0.2) is 0 Å². The Labute approximate surface area is 286 Å². The normalized spacial score (nSPS) is 25.4. The number of likely N-dealkylation sites (tertiary alicyclic amines) is 1. The predicted octanol–water partition coefficient (Wildman–Crippen LogP) is 4.62. The van der Waals surface area contributed by atoms with Crippen molar-refractivity contribution in [2.24, 2.45) is 17.8 Å². The van der Waals surface area contributed by atoms with E-state index in [0.717, 1.165) is 5.56 Å². The summed E-state index contributed by atoms with van der Waals surface area (Å²) in [6.45, 7) is 10.9. The van der Waals surface area contributed by atoms with Crippen LogP contribution >= 0.6 is 11.6 Å². The summed E-state index contributed by atoms with van der Waals surface area (Å²) in [5, 5.41) is 14.1. The van der Waals surface area contributed by atoms with E-state index in [1.54, 1.807) is 36.4 Å². The molecule has 3 amide bonds. The number of amides is 3. The summed E-state index contributed by atoms with van der Waals surface area (Å²) in [7, 11) is 0. The number of esters is 1. The summed E-state index contributed by atoms with van der Waals surface area (Å²) >= 11 is 6.15. The first-order chi connectivity index (χ1) is 23.1. The van der Waals surface area contributed by atoms with Crippen LogP contribution in [0.25, 0.3) is 0 Å². The molecule has 7 atom stereocenters. The van der Waals surface area contributed by atoms with Crippen LogP contribution in [-0.4, -0.2) is 77.2 Å². The molecule has 3 aliphatic rings. The number of ether oxygens (including phenoxy) is 2. The maximum atomic E-state index is 14.7. The van der Waals surface area contributed by atoms with E-state index in [1.165, 1.54) is 9.80 Å². The Balaban J connectivity index is 1.49. The highest BCUT2D eigenvalue weighted by Gasteiger charge is 2.75. The number of nitrogens with one attached hydrogen (secondary N) is 1. The number of nitrogens with zero attached hydrogens (tertiary/aromatic N) is 2. The van der Waals surface area contributed by atoms with Gasteiger partial charge in [-0.2, -0.15) is 0 Å². The fraction of sp³-hybridized carbons (Fsp3) is 0.459. The molecular formula is C37H44ClN3O7. The number of carbonyl (C=O) groups excluding carboxylic acids is 4. The van der Waals surface area contributed by atoms with E-state index in [-0.39, 0.29) is 38.0 Å². The Hall–Kier alpha value is -3.99. The van der Waals surface area contributed by atoms with Crippen LogP contribution in [0.15, 0.2) is 79.9 Å². The van der Waals surface area contributed by atoms with Gasteiger partial charge in [-0.15, -0.1) is 13.2 Å². The number of benzene rings is 2. The molecule has 0 saturated carbocycles. The molecule has 0 unspecified atom stereocenters. The summed E-state index contributed by atoms with van der Waals surface area (Å²) in [6.07, 6.45) is 4.15. The lowest BCUT2D eigenvalue weighted by molar-refractivity contribution is -0.147. The van der Waals surface area contributed by atoms with E-state index in [1.807, 2.05) is 44.2 Å². The molecule has 48 heavy (non-hydrogen) atoms. The van der Waals surface area contributed by atoms with Crippen molar-refractivity contribution in [3.8, 4) is 0 Å². The second-order valence-corrected chi connectivity index (χ2v) is 13.4. The Morgan fingerprint density at radius 2 is 1.85 bits per heavy atom. The zero-order valence-electron chi connectivity index (χ0n) is 27.4. The number of hydrogen-bond donors (Lipinski definition) is 2. The van der Waals surface area contributed by atoms with E-state index >= 15 is 0 Å². The number of fused-ring (bicyclic) bond motifs is 1. The first-order valence-corrected chi connectivity index (χ1v) is 16.9. The number of rotatable bonds is 15. The van der Waals surface area contributed by atoms with Crippen LogP contribution in [0.3, 0.4) is 0 Å². The Morgan fingerprint density at radius 1 is 1.15 bits per heavy atom. The smallest absolute Gasteiger partial charge is 0.306 e. The molecule has 0 aromatic heterocycles. The van der Waals surface area contributed by atoms with Gasteiger partial charge in [0.25, 0.3) is 5.91 Å². The highest BCUT2D eigenvalue weighted by atomic mass is 35.5. The second kappa shape index (κ2) is 15.1. The molecule has 3 fully saturated rings. The van der Waals surface area contributed by atoms with E-state index in [0.29, 0.717) is 30.0 Å². The molecule has 2 aromatic rings. The van der Waals surface area contributed by atoms with E-state index in [9.17, 15) is 24.3 Å². The fourth-order valence-electron chi connectivity index (χ4n) is 7.51. The molecule has 3 saturated heterocycles. The first-order valence-electron chi connectivity index (χ1n) is 16.5. The molecule has 11 heteroatoms. The van der Waals surface area contributed by atoms with E-state index in [2.05, 4.69) is 18.5 Å². The van der Waals surface area contributed by atoms with Gasteiger partial charge in [0.05, 0.1) is 36.6 Å². The topological polar surface area (TPSA) is 125 Å². The molecular weight excluding hydrogens is 634 g/mol. The summed E-state index contributed by atoms with van der Waals surface area (Å²) in [5.74, 6) is -3.67. The Bertz CT molecular complexity index is 1520. The molecule has 10 nitrogen and oxygen atoms in total. The van der Waals surface area contributed by atoms with E-state index < -0.39 is 59.5 Å². The molecule has 2 aromatic carbocycles. The van der Waals surface area contributed by atoms with Crippen LogP contribution in [0, 0.1) is 17.8 Å². The third kappa shape index (κ3) is 6.66. The Morgan fingerprint density at radius 3 is 2.48 bits per heavy atom. The van der Waals surface area contributed by atoms with E-state index in [4.69, 9.17) is 21.1 Å². The minimum Gasteiger partial charge on any atom is -0.463 e. The van der Waals surface area contributed by atoms with Crippen molar-refractivity contribution < 1.29 is 33.8 Å². The maximum absolute atomic E-state index is 14.7. The average Bonchev–Trinajstić information content (AvgIpc) is 3.73. The van der Waals surface area contributed by atoms with Gasteiger partial charge in [0, 0.05) is 23.7 Å². The minimum absolute atomic E-state index is 0.0987. The van der Waals surface area contributed by atoms with Gasteiger partial charge in [-0.1, -0.05) is 67.9 Å². The lowest BCUT2D eigenvalue weighted by Gasteiger charge is -2.40. The lowest BCUT2D eigenvalue weighted by Crippen LogP contribution is -2.59. The number of carbonyl (C=O) groups is 4. The summed E-state index contributed by atoms with van der Waals surface area (Å²) in [5.41, 5.74) is 0.0163. The van der Waals surface area contributed by atoms with Gasteiger partial charge in [0.15, 0.2) is 0 Å². The number of allylic oxidation sites excluding steroid dienone is 1. The molecule has 0 aliphatic carbocycles. The molecule has 2 bridgehead atoms. The van der Waals surface area contributed by atoms with Crippen LogP contribution in [0.1, 0.15) is 51.1 Å². The molecule has 0 radical (unpaired) electrons. The number of halogens is 1. The van der Waals surface area contributed by atoms with Gasteiger partial charge >= 0.3 is 5.97 Å². The number of aliphatic hydroxyl groups excluding tert-OH is 1. The van der Waals surface area contributed by atoms with Crippen molar-refractivity contribution in [3.05, 3.63) is 90.5 Å². The van der Waals surface area contributed by atoms with Gasteiger partial charge in [0.1, 0.15) is 18.2 Å². The summed E-state index contributed by atoms with van der Waals surface area (Å²) in [4.78, 5) is 59.0. The van der Waals surface area contributed by atoms with Crippen LogP contribution in [0.5, 0.6) is 0 Å². The summed E-state index contributed by atoms with van der Waals surface area (Å²) in [6, 6.07) is 13.5. The first kappa shape index (κ1) is 35.3. The number of hydrogen-bond acceptors (Lipinski definition) is 7. The van der Waals surface area contributed by atoms with Crippen molar-refractivity contribution in [2.75, 3.05) is 24.7 Å². The molecule has 3 aliphatic heterocycles.